The van der Waals surface area contributed by atoms with Gasteiger partial charge in [-0.2, -0.15) is 0 Å². The van der Waals surface area contributed by atoms with Crippen molar-refractivity contribution in [3.8, 4) is 0 Å². The molecular weight excluding hydrogens is 240 g/mol. The van der Waals surface area contributed by atoms with Gasteiger partial charge in [-0.05, 0) is 19.1 Å². The number of hydrogen-bond acceptors (Lipinski definition) is 5. The zero-order valence-corrected chi connectivity index (χ0v) is 9.86. The van der Waals surface area contributed by atoms with Crippen molar-refractivity contribution >= 4 is 17.7 Å². The Morgan fingerprint density at radius 2 is 2.35 bits per heavy atom. The third-order valence-electron chi connectivity index (χ3n) is 2.00. The first-order chi connectivity index (χ1) is 8.15. The van der Waals surface area contributed by atoms with Crippen LogP contribution in [-0.2, 0) is 5.75 Å². The number of aromatic nitrogens is 4. The maximum Gasteiger partial charge on any atom is 0.337 e. The molecule has 0 unspecified atom stereocenters. The highest BCUT2D eigenvalue weighted by Crippen LogP contribution is 2.17. The molecule has 0 saturated carbocycles. The Kier molecular flexibility index (Phi) is 3.38. The molecule has 0 saturated heterocycles. The van der Waals surface area contributed by atoms with Crippen LogP contribution in [0.25, 0.3) is 0 Å². The molecule has 88 valence electrons. The monoisotopic (exact) mass is 250 g/mol. The summed E-state index contributed by atoms with van der Waals surface area (Å²) in [6.45, 7) is 1.83. The van der Waals surface area contributed by atoms with Gasteiger partial charge in [0.2, 0.25) is 5.16 Å². The fourth-order valence-electron chi connectivity index (χ4n) is 1.16. The van der Waals surface area contributed by atoms with Crippen LogP contribution in [0.4, 0.5) is 0 Å². The second kappa shape index (κ2) is 4.96. The van der Waals surface area contributed by atoms with Crippen LogP contribution in [0.3, 0.4) is 0 Å². The van der Waals surface area contributed by atoms with Crippen molar-refractivity contribution in [3.05, 3.63) is 35.4 Å². The molecule has 0 aliphatic carbocycles. The Hall–Kier alpha value is -1.89. The van der Waals surface area contributed by atoms with Crippen LogP contribution in [0.5, 0.6) is 0 Å². The van der Waals surface area contributed by atoms with E-state index in [1.165, 1.54) is 24.0 Å². The first kappa shape index (κ1) is 11.6. The first-order valence-corrected chi connectivity index (χ1v) is 5.84. The molecule has 2 aromatic rings. The van der Waals surface area contributed by atoms with E-state index in [0.717, 1.165) is 11.5 Å². The lowest BCUT2D eigenvalue weighted by Crippen LogP contribution is -1.98. The Balaban J connectivity index is 1.97. The number of aromatic amines is 1. The molecule has 2 heterocycles. The number of pyridine rings is 1. The molecule has 0 spiro atoms. The molecule has 0 radical (unpaired) electrons. The van der Waals surface area contributed by atoms with Crippen molar-refractivity contribution in [2.45, 2.75) is 17.8 Å². The van der Waals surface area contributed by atoms with Gasteiger partial charge in [-0.15, -0.1) is 5.10 Å². The second-order valence-electron chi connectivity index (χ2n) is 3.34. The van der Waals surface area contributed by atoms with E-state index in [1.54, 1.807) is 6.07 Å². The van der Waals surface area contributed by atoms with Crippen LogP contribution in [0, 0.1) is 6.92 Å². The minimum Gasteiger partial charge on any atom is -0.478 e. The third-order valence-corrected chi connectivity index (χ3v) is 2.88. The Morgan fingerprint density at radius 3 is 2.88 bits per heavy atom. The van der Waals surface area contributed by atoms with Gasteiger partial charge in [0.25, 0.3) is 0 Å². The fraction of sp³-hybridized carbons (Fsp3) is 0.200. The van der Waals surface area contributed by atoms with E-state index in [1.807, 2.05) is 6.92 Å². The van der Waals surface area contributed by atoms with Gasteiger partial charge in [0.15, 0.2) is 0 Å². The molecule has 0 aromatic carbocycles. The number of aryl methyl sites for hydroxylation is 1. The molecule has 2 rings (SSSR count). The smallest absolute Gasteiger partial charge is 0.337 e. The number of carbonyl (C=O) groups is 1. The molecule has 17 heavy (non-hydrogen) atoms. The molecule has 2 N–H and O–H groups in total. The topological polar surface area (TPSA) is 91.8 Å². The quantitative estimate of drug-likeness (QED) is 0.799. The highest BCUT2D eigenvalue weighted by atomic mass is 32.2. The molecule has 2 aromatic heterocycles. The SMILES string of the molecule is Cc1nc(SCc2ccc(C(=O)O)cn2)n[nH]1. The van der Waals surface area contributed by atoms with E-state index in [9.17, 15) is 4.79 Å². The van der Waals surface area contributed by atoms with Crippen LogP contribution in [0.2, 0.25) is 0 Å². The lowest BCUT2D eigenvalue weighted by molar-refractivity contribution is 0.0696. The third kappa shape index (κ3) is 3.04. The lowest BCUT2D eigenvalue weighted by atomic mass is 10.2. The predicted octanol–water partition coefficient (Wildman–Crippen LogP) is 1.50. The van der Waals surface area contributed by atoms with E-state index in [4.69, 9.17) is 5.11 Å². The zero-order valence-electron chi connectivity index (χ0n) is 9.04. The Morgan fingerprint density at radius 1 is 1.53 bits per heavy atom. The average Bonchev–Trinajstić information content (AvgIpc) is 2.73. The molecule has 0 fully saturated rings. The van der Waals surface area contributed by atoms with Gasteiger partial charge in [0, 0.05) is 11.9 Å². The van der Waals surface area contributed by atoms with Gasteiger partial charge < -0.3 is 5.11 Å². The molecule has 0 aliphatic heterocycles. The number of H-pyrrole nitrogens is 1. The van der Waals surface area contributed by atoms with E-state index in [-0.39, 0.29) is 5.56 Å². The number of hydrogen-bond donors (Lipinski definition) is 2. The summed E-state index contributed by atoms with van der Waals surface area (Å²) in [5.41, 5.74) is 0.981. The van der Waals surface area contributed by atoms with Crippen molar-refractivity contribution in [2.24, 2.45) is 0 Å². The van der Waals surface area contributed by atoms with Gasteiger partial charge in [-0.1, -0.05) is 11.8 Å². The number of thioether (sulfide) groups is 1. The van der Waals surface area contributed by atoms with Crippen molar-refractivity contribution in [3.63, 3.8) is 0 Å². The van der Waals surface area contributed by atoms with Gasteiger partial charge in [0.05, 0.1) is 11.3 Å². The molecule has 7 heteroatoms. The molecular formula is C10H10N4O2S. The Labute approximate surface area is 101 Å². The molecule has 0 atom stereocenters. The largest absolute Gasteiger partial charge is 0.478 e. The van der Waals surface area contributed by atoms with Gasteiger partial charge in [-0.3, -0.25) is 10.1 Å². The maximum atomic E-state index is 10.6. The molecule has 0 amide bonds. The van der Waals surface area contributed by atoms with Crippen LogP contribution in [0.1, 0.15) is 21.9 Å². The summed E-state index contributed by atoms with van der Waals surface area (Å²) < 4.78 is 0. The number of rotatable bonds is 4. The van der Waals surface area contributed by atoms with E-state index >= 15 is 0 Å². The summed E-state index contributed by atoms with van der Waals surface area (Å²) >= 11 is 1.45. The predicted molar refractivity (Wildman–Crippen MR) is 61.9 cm³/mol. The number of nitrogens with zero attached hydrogens (tertiary/aromatic N) is 3. The van der Waals surface area contributed by atoms with Crippen molar-refractivity contribution in [2.75, 3.05) is 0 Å². The number of carboxylic acid groups (broad SMARTS) is 1. The maximum absolute atomic E-state index is 10.6. The number of aromatic carboxylic acids is 1. The van der Waals surface area contributed by atoms with Gasteiger partial charge in [0.1, 0.15) is 5.82 Å². The number of carboxylic acids is 1. The average molecular weight is 250 g/mol. The summed E-state index contributed by atoms with van der Waals surface area (Å²) in [7, 11) is 0. The van der Waals surface area contributed by atoms with Crippen molar-refractivity contribution < 1.29 is 9.90 Å². The molecule has 6 nitrogen and oxygen atoms in total. The summed E-state index contributed by atoms with van der Waals surface area (Å²) in [6.07, 6.45) is 1.35. The summed E-state index contributed by atoms with van der Waals surface area (Å²) in [4.78, 5) is 18.8. The van der Waals surface area contributed by atoms with Crippen LogP contribution < -0.4 is 0 Å². The minimum absolute atomic E-state index is 0.187. The highest BCUT2D eigenvalue weighted by Gasteiger charge is 2.05. The van der Waals surface area contributed by atoms with Crippen molar-refractivity contribution in [1.82, 2.24) is 20.2 Å². The van der Waals surface area contributed by atoms with Crippen LogP contribution in [-0.4, -0.2) is 31.2 Å². The second-order valence-corrected chi connectivity index (χ2v) is 4.28. The summed E-state index contributed by atoms with van der Waals surface area (Å²) in [6, 6.07) is 3.23. The van der Waals surface area contributed by atoms with Crippen LogP contribution in [0.15, 0.2) is 23.5 Å². The summed E-state index contributed by atoms with van der Waals surface area (Å²) in [5.74, 6) is 0.403. The van der Waals surface area contributed by atoms with Gasteiger partial charge >= 0.3 is 5.97 Å². The lowest BCUT2D eigenvalue weighted by Gasteiger charge is -1.98. The molecule has 0 aliphatic rings. The molecule has 0 bridgehead atoms. The Bertz CT molecular complexity index is 523. The normalized spacial score (nSPS) is 10.4. The highest BCUT2D eigenvalue weighted by molar-refractivity contribution is 7.98. The fourth-order valence-corrected chi connectivity index (χ4v) is 1.92. The van der Waals surface area contributed by atoms with Gasteiger partial charge in [-0.25, -0.2) is 9.78 Å². The zero-order chi connectivity index (χ0) is 12.3. The first-order valence-electron chi connectivity index (χ1n) is 4.85. The van der Waals surface area contributed by atoms with Crippen molar-refractivity contribution in [1.29, 1.82) is 0 Å². The minimum atomic E-state index is -0.971. The van der Waals surface area contributed by atoms with E-state index in [0.29, 0.717) is 10.9 Å². The number of nitrogens with one attached hydrogen (secondary N) is 1. The van der Waals surface area contributed by atoms with E-state index in [2.05, 4.69) is 20.2 Å². The van der Waals surface area contributed by atoms with E-state index < -0.39 is 5.97 Å². The summed E-state index contributed by atoms with van der Waals surface area (Å²) in [5, 5.41) is 16.1. The standard InChI is InChI=1S/C10H10N4O2S/c1-6-12-10(14-13-6)17-5-8-3-2-7(4-11-8)9(15)16/h2-4H,5H2,1H3,(H,15,16)(H,12,13,14). The van der Waals surface area contributed by atoms with Crippen LogP contribution >= 0.6 is 11.8 Å².